The molecular formula is C23H33N3O3. The maximum atomic E-state index is 12.0. The SMILES string of the molecule is Cc1cc(CC(=O)OC(C)(C)C)cnc1OCCC1CC1C1CCN(C#N)CC1. The predicted octanol–water partition coefficient (Wildman–Crippen LogP) is 3.87. The van der Waals surface area contributed by atoms with Crippen molar-refractivity contribution in [1.82, 2.24) is 9.88 Å². The molecule has 0 aromatic carbocycles. The summed E-state index contributed by atoms with van der Waals surface area (Å²) in [4.78, 5) is 18.3. The Morgan fingerprint density at radius 3 is 2.69 bits per heavy atom. The van der Waals surface area contributed by atoms with Gasteiger partial charge in [-0.3, -0.25) is 4.79 Å². The Labute approximate surface area is 174 Å². The van der Waals surface area contributed by atoms with Crippen LogP contribution in [-0.4, -0.2) is 41.2 Å². The summed E-state index contributed by atoms with van der Waals surface area (Å²) < 4.78 is 11.3. The molecule has 158 valence electrons. The molecule has 2 heterocycles. The molecule has 2 atom stereocenters. The molecule has 3 rings (SSSR count). The van der Waals surface area contributed by atoms with Crippen molar-refractivity contribution >= 4 is 5.97 Å². The number of nitrogens with zero attached hydrogens (tertiary/aromatic N) is 3. The molecule has 0 spiro atoms. The highest BCUT2D eigenvalue weighted by atomic mass is 16.6. The van der Waals surface area contributed by atoms with Crippen molar-refractivity contribution in [2.75, 3.05) is 19.7 Å². The average molecular weight is 400 g/mol. The third-order valence-corrected chi connectivity index (χ3v) is 5.85. The second-order valence-electron chi connectivity index (χ2n) is 9.45. The van der Waals surface area contributed by atoms with Crippen LogP contribution in [0.25, 0.3) is 0 Å². The average Bonchev–Trinajstić information content (AvgIpc) is 3.41. The number of carbonyl (C=O) groups excluding carboxylic acids is 1. The molecule has 0 N–H and O–H groups in total. The molecule has 1 aliphatic heterocycles. The largest absolute Gasteiger partial charge is 0.477 e. The first-order valence-corrected chi connectivity index (χ1v) is 10.7. The second kappa shape index (κ2) is 9.02. The van der Waals surface area contributed by atoms with Gasteiger partial charge in [0.15, 0.2) is 6.19 Å². The molecule has 2 fully saturated rings. The maximum absolute atomic E-state index is 12.0. The van der Waals surface area contributed by atoms with Gasteiger partial charge >= 0.3 is 5.97 Å². The first kappa shape index (κ1) is 21.4. The van der Waals surface area contributed by atoms with Gasteiger partial charge in [0.25, 0.3) is 0 Å². The summed E-state index contributed by atoms with van der Waals surface area (Å²) in [7, 11) is 0. The number of esters is 1. The summed E-state index contributed by atoms with van der Waals surface area (Å²) in [6, 6.07) is 1.95. The van der Waals surface area contributed by atoms with Crippen LogP contribution >= 0.6 is 0 Å². The number of aryl methyl sites for hydroxylation is 1. The molecule has 2 unspecified atom stereocenters. The lowest BCUT2D eigenvalue weighted by Crippen LogP contribution is -2.30. The summed E-state index contributed by atoms with van der Waals surface area (Å²) in [6.07, 6.45) is 8.83. The highest BCUT2D eigenvalue weighted by Gasteiger charge is 2.43. The second-order valence-corrected chi connectivity index (χ2v) is 9.45. The molecule has 0 bridgehead atoms. The number of pyridine rings is 1. The van der Waals surface area contributed by atoms with Gasteiger partial charge in [0.2, 0.25) is 5.88 Å². The smallest absolute Gasteiger partial charge is 0.310 e. The van der Waals surface area contributed by atoms with E-state index in [9.17, 15) is 4.79 Å². The predicted molar refractivity (Wildman–Crippen MR) is 110 cm³/mol. The molecule has 6 nitrogen and oxygen atoms in total. The minimum absolute atomic E-state index is 0.222. The Bertz CT molecular complexity index is 758. The highest BCUT2D eigenvalue weighted by molar-refractivity contribution is 5.73. The van der Waals surface area contributed by atoms with Gasteiger partial charge in [-0.05, 0) is 82.8 Å². The van der Waals surface area contributed by atoms with Gasteiger partial charge in [0.05, 0.1) is 13.0 Å². The van der Waals surface area contributed by atoms with E-state index < -0.39 is 5.60 Å². The van der Waals surface area contributed by atoms with E-state index in [2.05, 4.69) is 11.2 Å². The van der Waals surface area contributed by atoms with Crippen molar-refractivity contribution in [3.63, 3.8) is 0 Å². The van der Waals surface area contributed by atoms with Crippen LogP contribution in [0.4, 0.5) is 0 Å². The fourth-order valence-corrected chi connectivity index (χ4v) is 4.33. The lowest BCUT2D eigenvalue weighted by Gasteiger charge is -2.28. The number of ether oxygens (including phenoxy) is 2. The van der Waals surface area contributed by atoms with E-state index in [0.717, 1.165) is 61.2 Å². The Hall–Kier alpha value is -2.29. The Morgan fingerprint density at radius 2 is 2.07 bits per heavy atom. The van der Waals surface area contributed by atoms with Crippen molar-refractivity contribution in [3.05, 3.63) is 23.4 Å². The van der Waals surface area contributed by atoms with Crippen LogP contribution < -0.4 is 4.74 Å². The fourth-order valence-electron chi connectivity index (χ4n) is 4.33. The number of piperidine rings is 1. The van der Waals surface area contributed by atoms with Crippen molar-refractivity contribution in [1.29, 1.82) is 5.26 Å². The minimum atomic E-state index is -0.476. The van der Waals surface area contributed by atoms with Crippen molar-refractivity contribution in [3.8, 4) is 12.1 Å². The van der Waals surface area contributed by atoms with Crippen molar-refractivity contribution < 1.29 is 14.3 Å². The molecule has 0 radical (unpaired) electrons. The quantitative estimate of drug-likeness (QED) is 0.512. The van der Waals surface area contributed by atoms with Gasteiger partial charge in [-0.15, -0.1) is 0 Å². The highest BCUT2D eigenvalue weighted by Crippen LogP contribution is 2.49. The van der Waals surface area contributed by atoms with Gasteiger partial charge in [-0.1, -0.05) is 0 Å². The van der Waals surface area contributed by atoms with E-state index >= 15 is 0 Å². The van der Waals surface area contributed by atoms with Gasteiger partial charge in [-0.25, -0.2) is 4.98 Å². The topological polar surface area (TPSA) is 75.5 Å². The summed E-state index contributed by atoms with van der Waals surface area (Å²) in [5.74, 6) is 2.74. The number of aromatic nitrogens is 1. The summed E-state index contributed by atoms with van der Waals surface area (Å²) >= 11 is 0. The number of rotatable bonds is 7. The van der Waals surface area contributed by atoms with Gasteiger partial charge in [0, 0.05) is 24.8 Å². The fraction of sp³-hybridized carbons (Fsp3) is 0.696. The maximum Gasteiger partial charge on any atom is 0.310 e. The van der Waals surface area contributed by atoms with Crippen LogP contribution in [0.15, 0.2) is 12.3 Å². The lowest BCUT2D eigenvalue weighted by molar-refractivity contribution is -0.153. The number of nitriles is 1. The molecule has 1 saturated carbocycles. The molecule has 29 heavy (non-hydrogen) atoms. The molecular weight excluding hydrogens is 366 g/mol. The Morgan fingerprint density at radius 1 is 1.34 bits per heavy atom. The first-order valence-electron chi connectivity index (χ1n) is 10.7. The van der Waals surface area contributed by atoms with Crippen LogP contribution in [0.1, 0.15) is 57.6 Å². The van der Waals surface area contributed by atoms with E-state index in [0.29, 0.717) is 12.5 Å². The molecule has 2 aliphatic rings. The number of likely N-dealkylation sites (tertiary alicyclic amines) is 1. The zero-order chi connectivity index (χ0) is 21.0. The summed E-state index contributed by atoms with van der Waals surface area (Å²) in [5, 5.41) is 8.97. The van der Waals surface area contributed by atoms with E-state index in [1.165, 1.54) is 6.42 Å². The van der Waals surface area contributed by atoms with Gasteiger partial charge < -0.3 is 14.4 Å². The van der Waals surface area contributed by atoms with Crippen LogP contribution in [-0.2, 0) is 16.0 Å². The number of hydrogen-bond acceptors (Lipinski definition) is 6. The number of carbonyl (C=O) groups is 1. The van der Waals surface area contributed by atoms with Gasteiger partial charge in [0.1, 0.15) is 5.60 Å². The van der Waals surface area contributed by atoms with E-state index in [4.69, 9.17) is 14.7 Å². The van der Waals surface area contributed by atoms with E-state index in [-0.39, 0.29) is 12.4 Å². The molecule has 1 aromatic rings. The van der Waals surface area contributed by atoms with Gasteiger partial charge in [-0.2, -0.15) is 5.26 Å². The summed E-state index contributed by atoms with van der Waals surface area (Å²) in [5.41, 5.74) is 1.31. The monoisotopic (exact) mass is 399 g/mol. The Balaban J connectivity index is 1.39. The third-order valence-electron chi connectivity index (χ3n) is 5.85. The molecule has 0 amide bonds. The standard InChI is InChI=1S/C23H33N3O3/c1-16-11-17(12-21(27)29-23(2,3)4)14-25-22(16)28-10-7-19-13-20(19)18-5-8-26(15-24)9-6-18/h11,14,18-20H,5-10,12-13H2,1-4H3. The van der Waals surface area contributed by atoms with Crippen LogP contribution in [0.5, 0.6) is 5.88 Å². The minimum Gasteiger partial charge on any atom is -0.477 e. The molecule has 1 saturated heterocycles. The summed E-state index contributed by atoms with van der Waals surface area (Å²) in [6.45, 7) is 10.1. The Kier molecular flexibility index (Phi) is 6.66. The lowest BCUT2D eigenvalue weighted by atomic mass is 9.91. The third kappa shape index (κ3) is 6.35. The van der Waals surface area contributed by atoms with Crippen LogP contribution in [0, 0.1) is 36.1 Å². The molecule has 1 aromatic heterocycles. The normalized spacial score (nSPS) is 22.1. The van der Waals surface area contributed by atoms with E-state index in [1.54, 1.807) is 6.20 Å². The van der Waals surface area contributed by atoms with Crippen molar-refractivity contribution in [2.24, 2.45) is 17.8 Å². The van der Waals surface area contributed by atoms with E-state index in [1.807, 2.05) is 38.7 Å². The van der Waals surface area contributed by atoms with Crippen molar-refractivity contribution in [2.45, 2.75) is 65.4 Å². The number of hydrogen-bond donors (Lipinski definition) is 0. The molecule has 6 heteroatoms. The first-order chi connectivity index (χ1) is 13.7. The zero-order valence-electron chi connectivity index (χ0n) is 18.1. The molecule has 1 aliphatic carbocycles. The van der Waals surface area contributed by atoms with Crippen LogP contribution in [0.2, 0.25) is 0 Å². The van der Waals surface area contributed by atoms with Crippen LogP contribution in [0.3, 0.4) is 0 Å². The zero-order valence-corrected chi connectivity index (χ0v) is 18.1.